The number of hydrogen-bond acceptors (Lipinski definition) is 3. The fourth-order valence-electron chi connectivity index (χ4n) is 3.52. The third-order valence-electron chi connectivity index (χ3n) is 5.30. The minimum absolute atomic E-state index is 0.0287. The molecule has 1 saturated carbocycles. The molecular formula is C22H22ClN3O2. The quantitative estimate of drug-likeness (QED) is 0.772. The summed E-state index contributed by atoms with van der Waals surface area (Å²) in [6.45, 7) is 1.87. The molecule has 0 spiro atoms. The molecule has 2 amide bonds. The Balaban J connectivity index is 1.55. The van der Waals surface area contributed by atoms with Crippen LogP contribution in [0.25, 0.3) is 0 Å². The fourth-order valence-corrected chi connectivity index (χ4v) is 3.69. The van der Waals surface area contributed by atoms with Crippen LogP contribution in [0.2, 0.25) is 5.02 Å². The largest absolute Gasteiger partial charge is 0.326 e. The smallest absolute Gasteiger partial charge is 0.227 e. The summed E-state index contributed by atoms with van der Waals surface area (Å²) in [4.78, 5) is 25.1. The molecule has 2 N–H and O–H groups in total. The number of nitriles is 1. The van der Waals surface area contributed by atoms with Gasteiger partial charge in [-0.25, -0.2) is 0 Å². The third kappa shape index (κ3) is 4.52. The van der Waals surface area contributed by atoms with Gasteiger partial charge in [-0.15, -0.1) is 0 Å². The average Bonchev–Trinajstić information content (AvgIpc) is 2.72. The van der Waals surface area contributed by atoms with Crippen LogP contribution in [0.5, 0.6) is 0 Å². The number of amides is 2. The molecule has 0 aliphatic heterocycles. The van der Waals surface area contributed by atoms with Crippen LogP contribution in [0.4, 0.5) is 11.4 Å². The van der Waals surface area contributed by atoms with Gasteiger partial charge in [-0.2, -0.15) is 5.26 Å². The van der Waals surface area contributed by atoms with Gasteiger partial charge in [-0.3, -0.25) is 9.59 Å². The summed E-state index contributed by atoms with van der Waals surface area (Å²) in [6.07, 6.45) is 2.60. The highest BCUT2D eigenvalue weighted by atomic mass is 35.5. The molecule has 5 nitrogen and oxygen atoms in total. The van der Waals surface area contributed by atoms with E-state index in [0.29, 0.717) is 42.0 Å². The molecule has 1 aliphatic rings. The second kappa shape index (κ2) is 8.90. The molecule has 1 fully saturated rings. The number of para-hydroxylation sites is 1. The molecule has 0 unspecified atom stereocenters. The predicted octanol–water partition coefficient (Wildman–Crippen LogP) is 4.90. The van der Waals surface area contributed by atoms with E-state index in [4.69, 9.17) is 16.9 Å². The van der Waals surface area contributed by atoms with Crippen LogP contribution in [0, 0.1) is 30.1 Å². The van der Waals surface area contributed by atoms with Crippen LogP contribution in [-0.2, 0) is 9.59 Å². The Hall–Kier alpha value is -2.84. The number of benzene rings is 2. The standard InChI is InChI=1S/C22H22ClN3O2/c1-14-18(23)6-4-8-19(14)25-21(27)15-9-11-16(12-10-15)22(28)26-20-7-3-2-5-17(20)13-24/h2-8,15-16H,9-12H2,1H3,(H,25,27)(H,26,28). The van der Waals surface area contributed by atoms with E-state index in [1.807, 2.05) is 19.1 Å². The van der Waals surface area contributed by atoms with Gasteiger partial charge in [0.2, 0.25) is 11.8 Å². The first kappa shape index (κ1) is 19.9. The Morgan fingerprint density at radius 1 is 0.929 bits per heavy atom. The highest BCUT2D eigenvalue weighted by Crippen LogP contribution is 2.32. The highest BCUT2D eigenvalue weighted by molar-refractivity contribution is 6.31. The Labute approximate surface area is 169 Å². The van der Waals surface area contributed by atoms with Crippen molar-refractivity contribution in [2.24, 2.45) is 11.8 Å². The SMILES string of the molecule is Cc1c(Cl)cccc1NC(=O)C1CCC(C(=O)Nc2ccccc2C#N)CC1. The summed E-state index contributed by atoms with van der Waals surface area (Å²) in [7, 11) is 0. The van der Waals surface area contributed by atoms with Gasteiger partial charge < -0.3 is 10.6 Å². The normalized spacial score (nSPS) is 18.8. The first-order valence-electron chi connectivity index (χ1n) is 9.35. The number of nitrogens with zero attached hydrogens (tertiary/aromatic N) is 1. The number of carbonyl (C=O) groups is 2. The molecule has 0 saturated heterocycles. The molecule has 3 rings (SSSR count). The summed E-state index contributed by atoms with van der Waals surface area (Å²) in [6, 6.07) is 14.5. The van der Waals surface area contributed by atoms with E-state index in [1.165, 1.54) is 0 Å². The van der Waals surface area contributed by atoms with E-state index >= 15 is 0 Å². The highest BCUT2D eigenvalue weighted by Gasteiger charge is 2.30. The average molecular weight is 396 g/mol. The summed E-state index contributed by atoms with van der Waals surface area (Å²) in [5.74, 6) is -0.385. The van der Waals surface area contributed by atoms with Crippen molar-refractivity contribution in [3.05, 3.63) is 58.6 Å². The zero-order valence-corrected chi connectivity index (χ0v) is 16.4. The lowest BCUT2D eigenvalue weighted by Crippen LogP contribution is -2.32. The number of carbonyl (C=O) groups excluding carboxylic acids is 2. The summed E-state index contributed by atoms with van der Waals surface area (Å²) in [5.41, 5.74) is 2.55. The lowest BCUT2D eigenvalue weighted by molar-refractivity contribution is -0.125. The van der Waals surface area contributed by atoms with Gasteiger partial charge in [0, 0.05) is 22.5 Å². The van der Waals surface area contributed by atoms with Crippen LogP contribution in [-0.4, -0.2) is 11.8 Å². The van der Waals surface area contributed by atoms with E-state index in [-0.39, 0.29) is 23.7 Å². The molecule has 0 heterocycles. The van der Waals surface area contributed by atoms with Gasteiger partial charge >= 0.3 is 0 Å². The Morgan fingerprint density at radius 2 is 1.46 bits per heavy atom. The van der Waals surface area contributed by atoms with Gasteiger partial charge in [-0.1, -0.05) is 29.8 Å². The van der Waals surface area contributed by atoms with Crippen molar-refractivity contribution >= 4 is 34.8 Å². The zero-order chi connectivity index (χ0) is 20.1. The maximum absolute atomic E-state index is 12.6. The van der Waals surface area contributed by atoms with E-state index in [2.05, 4.69) is 16.7 Å². The van der Waals surface area contributed by atoms with Gasteiger partial charge in [0.25, 0.3) is 0 Å². The van der Waals surface area contributed by atoms with E-state index < -0.39 is 0 Å². The van der Waals surface area contributed by atoms with Gasteiger partial charge in [0.05, 0.1) is 11.3 Å². The number of rotatable bonds is 4. The van der Waals surface area contributed by atoms with Crippen molar-refractivity contribution in [3.8, 4) is 6.07 Å². The Morgan fingerprint density at radius 3 is 2.07 bits per heavy atom. The molecule has 0 bridgehead atoms. The maximum atomic E-state index is 12.6. The van der Waals surface area contributed by atoms with Crippen LogP contribution < -0.4 is 10.6 Å². The number of hydrogen-bond donors (Lipinski definition) is 2. The first-order valence-corrected chi connectivity index (χ1v) is 9.73. The van der Waals surface area contributed by atoms with E-state index in [9.17, 15) is 9.59 Å². The van der Waals surface area contributed by atoms with Gasteiger partial charge in [0.1, 0.15) is 6.07 Å². The third-order valence-corrected chi connectivity index (χ3v) is 5.71. The number of nitrogens with one attached hydrogen (secondary N) is 2. The molecule has 2 aromatic carbocycles. The van der Waals surface area contributed by atoms with Gasteiger partial charge in [0.15, 0.2) is 0 Å². The molecule has 0 aromatic heterocycles. The molecule has 0 radical (unpaired) electrons. The van der Waals surface area contributed by atoms with Crippen molar-refractivity contribution in [2.45, 2.75) is 32.6 Å². The number of halogens is 1. The fraction of sp³-hybridized carbons (Fsp3) is 0.318. The maximum Gasteiger partial charge on any atom is 0.227 e. The second-order valence-electron chi connectivity index (χ2n) is 7.10. The first-order chi connectivity index (χ1) is 13.5. The lowest BCUT2D eigenvalue weighted by atomic mass is 9.81. The molecule has 144 valence electrons. The molecule has 28 heavy (non-hydrogen) atoms. The molecule has 2 aromatic rings. The van der Waals surface area contributed by atoms with Crippen LogP contribution in [0.15, 0.2) is 42.5 Å². The van der Waals surface area contributed by atoms with Crippen LogP contribution in [0.3, 0.4) is 0 Å². The second-order valence-corrected chi connectivity index (χ2v) is 7.50. The van der Waals surface area contributed by atoms with Crippen molar-refractivity contribution < 1.29 is 9.59 Å². The lowest BCUT2D eigenvalue weighted by Gasteiger charge is -2.27. The summed E-state index contributed by atoms with van der Waals surface area (Å²) in [5, 5.41) is 15.6. The van der Waals surface area contributed by atoms with Crippen LogP contribution >= 0.6 is 11.6 Å². The van der Waals surface area contributed by atoms with Gasteiger partial charge in [-0.05, 0) is 62.4 Å². The van der Waals surface area contributed by atoms with E-state index in [1.54, 1.807) is 30.3 Å². The molecule has 0 atom stereocenters. The summed E-state index contributed by atoms with van der Waals surface area (Å²) >= 11 is 6.11. The molecule has 6 heteroatoms. The van der Waals surface area contributed by atoms with Crippen molar-refractivity contribution in [2.75, 3.05) is 10.6 Å². The zero-order valence-electron chi connectivity index (χ0n) is 15.7. The Kier molecular flexibility index (Phi) is 6.33. The van der Waals surface area contributed by atoms with Crippen molar-refractivity contribution in [1.82, 2.24) is 0 Å². The van der Waals surface area contributed by atoms with Crippen molar-refractivity contribution in [3.63, 3.8) is 0 Å². The Bertz CT molecular complexity index is 928. The molecule has 1 aliphatic carbocycles. The number of anilines is 2. The minimum atomic E-state index is -0.149. The minimum Gasteiger partial charge on any atom is -0.326 e. The van der Waals surface area contributed by atoms with Crippen molar-refractivity contribution in [1.29, 1.82) is 5.26 Å². The summed E-state index contributed by atoms with van der Waals surface area (Å²) < 4.78 is 0. The van der Waals surface area contributed by atoms with E-state index in [0.717, 1.165) is 11.3 Å². The topological polar surface area (TPSA) is 82.0 Å². The monoisotopic (exact) mass is 395 g/mol. The van der Waals surface area contributed by atoms with Crippen LogP contribution in [0.1, 0.15) is 36.8 Å². The predicted molar refractivity (Wildman–Crippen MR) is 110 cm³/mol. The molecular weight excluding hydrogens is 374 g/mol.